The van der Waals surface area contributed by atoms with Crippen molar-refractivity contribution in [3.05, 3.63) is 94.4 Å². The quantitative estimate of drug-likeness (QED) is 0.360. The lowest BCUT2D eigenvalue weighted by molar-refractivity contribution is 0.104. The summed E-state index contributed by atoms with van der Waals surface area (Å²) < 4.78 is 29.9. The van der Waals surface area contributed by atoms with E-state index in [2.05, 4.69) is 14.7 Å². The number of aromatic nitrogens is 3. The monoisotopic (exact) mass is 511 g/mol. The molecule has 2 heterocycles. The van der Waals surface area contributed by atoms with Crippen LogP contribution in [0.1, 0.15) is 15.9 Å². The number of carbonyl (C=O) groups excluding carboxylic acids is 1. The maximum Gasteiger partial charge on any atom is 0.263 e. The Morgan fingerprint density at radius 1 is 1.09 bits per heavy atom. The molecule has 2 aromatic heterocycles. The topological polar surface area (TPSA) is 120 Å². The third-order valence-electron chi connectivity index (χ3n) is 5.23. The third-order valence-corrected chi connectivity index (χ3v) is 7.33. The summed E-state index contributed by atoms with van der Waals surface area (Å²) >= 11 is 11.9. The Bertz CT molecular complexity index is 1660. The number of nitrogens with two attached hydrogens (primary N) is 1. The Morgan fingerprint density at radius 2 is 1.88 bits per heavy atom. The largest absolute Gasteiger partial charge is 0.383 e. The van der Waals surface area contributed by atoms with Crippen LogP contribution in [-0.4, -0.2) is 28.7 Å². The first-order valence-electron chi connectivity index (χ1n) is 9.87. The Hall–Kier alpha value is -3.66. The number of nitrogens with zero attached hydrogens (tertiary/aromatic N) is 3. The van der Waals surface area contributed by atoms with Crippen LogP contribution in [0, 0.1) is 0 Å². The molecule has 3 N–H and O–H groups in total. The second-order valence-corrected chi connectivity index (χ2v) is 9.91. The van der Waals surface area contributed by atoms with E-state index in [1.165, 1.54) is 36.7 Å². The van der Waals surface area contributed by atoms with Crippen LogP contribution >= 0.6 is 23.2 Å². The van der Waals surface area contributed by atoms with Crippen molar-refractivity contribution in [3.63, 3.8) is 0 Å². The molecule has 0 aliphatic heterocycles. The van der Waals surface area contributed by atoms with Gasteiger partial charge in [-0.25, -0.2) is 18.4 Å². The van der Waals surface area contributed by atoms with E-state index in [0.29, 0.717) is 21.6 Å². The summed E-state index contributed by atoms with van der Waals surface area (Å²) in [6, 6.07) is 10.2. The van der Waals surface area contributed by atoms with Crippen molar-refractivity contribution < 1.29 is 13.2 Å². The first-order valence-corrected chi connectivity index (χ1v) is 12.1. The number of benzene rings is 2. The number of hydrogen-bond donors (Lipinski definition) is 2. The lowest BCUT2D eigenvalue weighted by Gasteiger charge is -2.11. The van der Waals surface area contributed by atoms with Crippen molar-refractivity contribution in [3.8, 4) is 0 Å². The number of fused-ring (bicyclic) bond motifs is 1. The van der Waals surface area contributed by atoms with Gasteiger partial charge in [-0.1, -0.05) is 41.4 Å². The summed E-state index contributed by atoms with van der Waals surface area (Å²) in [4.78, 5) is 21.6. The number of rotatable bonds is 6. The molecule has 11 heteroatoms. The number of nitrogen functional groups attached to an aromatic ring is 1. The van der Waals surface area contributed by atoms with Crippen LogP contribution in [0.2, 0.25) is 10.0 Å². The van der Waals surface area contributed by atoms with E-state index in [9.17, 15) is 13.2 Å². The smallest absolute Gasteiger partial charge is 0.263 e. The number of hydrogen-bond acceptors (Lipinski definition) is 6. The first-order chi connectivity index (χ1) is 16.2. The van der Waals surface area contributed by atoms with Crippen molar-refractivity contribution in [1.29, 1.82) is 0 Å². The van der Waals surface area contributed by atoms with Crippen LogP contribution in [0.3, 0.4) is 0 Å². The van der Waals surface area contributed by atoms with Crippen LogP contribution < -0.4 is 10.5 Å². The fourth-order valence-corrected chi connectivity index (χ4v) is 5.40. The summed E-state index contributed by atoms with van der Waals surface area (Å²) in [5.74, 6) is -0.190. The summed E-state index contributed by atoms with van der Waals surface area (Å²) in [6.07, 6.45) is 8.61. The average Bonchev–Trinajstić information content (AvgIpc) is 3.12. The molecule has 0 saturated carbocycles. The fourth-order valence-electron chi connectivity index (χ4n) is 3.58. The van der Waals surface area contributed by atoms with Crippen LogP contribution in [0.15, 0.2) is 78.1 Å². The molecule has 1 aliphatic carbocycles. The van der Waals surface area contributed by atoms with Crippen molar-refractivity contribution in [2.75, 3.05) is 10.5 Å². The van der Waals surface area contributed by atoms with Gasteiger partial charge in [0.15, 0.2) is 11.4 Å². The van der Waals surface area contributed by atoms with E-state index in [0.717, 1.165) is 5.70 Å². The van der Waals surface area contributed by atoms with E-state index in [1.54, 1.807) is 22.9 Å². The minimum Gasteiger partial charge on any atom is -0.383 e. The molecule has 0 amide bonds. The van der Waals surface area contributed by atoms with Gasteiger partial charge in [-0.15, -0.1) is 0 Å². The molecule has 4 aromatic rings. The Labute approximate surface area is 204 Å². The molecule has 2 aromatic carbocycles. The standard InChI is InChI=1S/C23H15Cl2N5O3S/c24-14-7-8-19(18(25)10-14)34(32,33)29-15-4-1-3-13(9-15)21(31)17-11-30(16-5-2-6-16)23-20(17)22(26)27-12-28-23/h1-12,29H,(H2,26,27,28). The Kier molecular flexibility index (Phi) is 5.40. The number of carbonyl (C=O) groups is 1. The van der Waals surface area contributed by atoms with E-state index in [1.807, 2.05) is 18.2 Å². The highest BCUT2D eigenvalue weighted by Crippen LogP contribution is 2.31. The van der Waals surface area contributed by atoms with Crippen molar-refractivity contribution in [2.24, 2.45) is 0 Å². The van der Waals surface area contributed by atoms with E-state index >= 15 is 0 Å². The van der Waals surface area contributed by atoms with E-state index in [-0.39, 0.29) is 32.8 Å². The van der Waals surface area contributed by atoms with Gasteiger partial charge >= 0.3 is 0 Å². The van der Waals surface area contributed by atoms with E-state index < -0.39 is 10.0 Å². The molecule has 8 nitrogen and oxygen atoms in total. The highest BCUT2D eigenvalue weighted by molar-refractivity contribution is 7.92. The SMILES string of the molecule is Nc1ncnc2c1c(C(=O)c1cccc(NS(=O)(=O)c3ccc(Cl)cc3Cl)c1)cn2C1=CC=C1. The number of allylic oxidation sites excluding steroid dienone is 4. The predicted octanol–water partition coefficient (Wildman–Crippen LogP) is 4.76. The third kappa shape index (κ3) is 3.83. The van der Waals surface area contributed by atoms with Crippen LogP contribution in [0.4, 0.5) is 11.5 Å². The average molecular weight is 512 g/mol. The number of nitrogens with one attached hydrogen (secondary N) is 1. The molecule has 0 saturated heterocycles. The zero-order chi connectivity index (χ0) is 24.0. The lowest BCUT2D eigenvalue weighted by atomic mass is 10.0. The molecule has 1 aliphatic rings. The zero-order valence-corrected chi connectivity index (χ0v) is 19.6. The van der Waals surface area contributed by atoms with Gasteiger partial charge in [0.2, 0.25) is 0 Å². The van der Waals surface area contributed by atoms with Gasteiger partial charge in [0, 0.05) is 28.2 Å². The molecule has 170 valence electrons. The van der Waals surface area contributed by atoms with E-state index in [4.69, 9.17) is 28.9 Å². The second-order valence-electron chi connectivity index (χ2n) is 7.41. The Balaban J connectivity index is 1.52. The van der Waals surface area contributed by atoms with Gasteiger partial charge in [0.1, 0.15) is 17.0 Å². The van der Waals surface area contributed by atoms with Crippen LogP contribution in [-0.2, 0) is 10.0 Å². The summed E-state index contributed by atoms with van der Waals surface area (Å²) in [7, 11) is -4.02. The lowest BCUT2D eigenvalue weighted by Crippen LogP contribution is -2.14. The molecule has 0 spiro atoms. The van der Waals surface area contributed by atoms with Crippen LogP contribution in [0.25, 0.3) is 16.7 Å². The van der Waals surface area contributed by atoms with Gasteiger partial charge in [0.05, 0.1) is 16.0 Å². The maximum atomic E-state index is 13.5. The minimum atomic E-state index is -4.02. The molecule has 5 rings (SSSR count). The molecule has 0 fully saturated rings. The van der Waals surface area contributed by atoms with Crippen molar-refractivity contribution >= 4 is 67.2 Å². The van der Waals surface area contributed by atoms with Gasteiger partial charge in [0.25, 0.3) is 10.0 Å². The second kappa shape index (κ2) is 8.28. The number of halogens is 2. The summed E-state index contributed by atoms with van der Waals surface area (Å²) in [6.45, 7) is 0. The Morgan fingerprint density at radius 3 is 2.59 bits per heavy atom. The highest BCUT2D eigenvalue weighted by atomic mass is 35.5. The summed E-state index contributed by atoms with van der Waals surface area (Å²) in [5.41, 5.74) is 8.17. The molecule has 0 radical (unpaired) electrons. The summed E-state index contributed by atoms with van der Waals surface area (Å²) in [5, 5.41) is 0.717. The van der Waals surface area contributed by atoms with Gasteiger partial charge < -0.3 is 10.3 Å². The molecule has 0 atom stereocenters. The van der Waals surface area contributed by atoms with Crippen molar-refractivity contribution in [1.82, 2.24) is 14.5 Å². The number of sulfonamides is 1. The predicted molar refractivity (Wildman–Crippen MR) is 132 cm³/mol. The minimum absolute atomic E-state index is 0.0186. The number of ketones is 1. The number of anilines is 2. The highest BCUT2D eigenvalue weighted by Gasteiger charge is 2.23. The first kappa shape index (κ1) is 22.1. The molecule has 0 bridgehead atoms. The van der Waals surface area contributed by atoms with Crippen LogP contribution in [0.5, 0.6) is 0 Å². The molecule has 0 unspecified atom stereocenters. The van der Waals surface area contributed by atoms with Gasteiger partial charge in [-0.2, -0.15) is 0 Å². The maximum absolute atomic E-state index is 13.5. The molecule has 34 heavy (non-hydrogen) atoms. The van der Waals surface area contributed by atoms with Gasteiger partial charge in [-0.05, 0) is 42.5 Å². The van der Waals surface area contributed by atoms with Gasteiger partial charge in [-0.3, -0.25) is 9.52 Å². The molecular weight excluding hydrogens is 497 g/mol. The normalized spacial score (nSPS) is 12.9. The van der Waals surface area contributed by atoms with Crippen molar-refractivity contribution in [2.45, 2.75) is 4.90 Å². The zero-order valence-electron chi connectivity index (χ0n) is 17.2. The fraction of sp³-hybridized carbons (Fsp3) is 0. The molecular formula is C23H15Cl2N5O3S.